The van der Waals surface area contributed by atoms with E-state index in [0.717, 1.165) is 17.8 Å². The van der Waals surface area contributed by atoms with Gasteiger partial charge in [-0.05, 0) is 19.9 Å². The van der Waals surface area contributed by atoms with Gasteiger partial charge in [0, 0.05) is 29.5 Å². The van der Waals surface area contributed by atoms with Gasteiger partial charge in [0.05, 0.1) is 5.51 Å². The quantitative estimate of drug-likeness (QED) is 0.816. The summed E-state index contributed by atoms with van der Waals surface area (Å²) in [5.74, 6) is 0.559. The van der Waals surface area contributed by atoms with Crippen molar-refractivity contribution in [1.82, 2.24) is 10.3 Å². The number of aromatic nitrogens is 1. The molecular weight excluding hydrogens is 196 g/mol. The average Bonchev–Trinajstić information content (AvgIpc) is 2.75. The topological polar surface area (TPSA) is 42.0 Å². The number of hydrogen-bond acceptors (Lipinski definition) is 4. The number of rotatable bonds is 3. The van der Waals surface area contributed by atoms with Crippen molar-refractivity contribution in [2.24, 2.45) is 5.92 Å². The lowest BCUT2D eigenvalue weighted by Crippen LogP contribution is -2.28. The van der Waals surface area contributed by atoms with Crippen molar-refractivity contribution in [2.45, 2.75) is 25.8 Å². The molecule has 0 amide bonds. The van der Waals surface area contributed by atoms with E-state index in [1.165, 1.54) is 0 Å². The zero-order valence-electron chi connectivity index (χ0n) is 8.19. The number of nitrogens with zero attached hydrogens (tertiary/aromatic N) is 1. The highest BCUT2D eigenvalue weighted by Gasteiger charge is 2.29. The van der Waals surface area contributed by atoms with Gasteiger partial charge < -0.3 is 5.32 Å². The molecule has 1 aromatic rings. The monoisotopic (exact) mass is 210 g/mol. The van der Waals surface area contributed by atoms with Crippen LogP contribution in [0.1, 0.15) is 18.2 Å². The van der Waals surface area contributed by atoms with Gasteiger partial charge >= 0.3 is 0 Å². The molecule has 0 aromatic carbocycles. The molecule has 0 aliphatic carbocycles. The first-order valence-corrected chi connectivity index (χ1v) is 5.79. The number of Topliss-reactive ketones (excluding diaryl/α,β-unsaturated/α-hetero) is 1. The largest absolute Gasteiger partial charge is 0.314 e. The van der Waals surface area contributed by atoms with Crippen molar-refractivity contribution in [3.05, 3.63) is 16.6 Å². The standard InChI is InChI=1S/C10H14N2OS/c1-7-9(2-3-12-7)10(13)4-8-5-11-6-14-8/h5-7,9,12H,2-4H2,1H3. The van der Waals surface area contributed by atoms with Crippen molar-refractivity contribution in [2.75, 3.05) is 6.54 Å². The molecule has 1 aliphatic rings. The Balaban J connectivity index is 1.95. The summed E-state index contributed by atoms with van der Waals surface area (Å²) in [4.78, 5) is 16.9. The van der Waals surface area contributed by atoms with E-state index >= 15 is 0 Å². The molecule has 76 valence electrons. The van der Waals surface area contributed by atoms with Gasteiger partial charge in [0.25, 0.3) is 0 Å². The number of hydrogen-bond donors (Lipinski definition) is 1. The van der Waals surface area contributed by atoms with Crippen molar-refractivity contribution in [1.29, 1.82) is 0 Å². The van der Waals surface area contributed by atoms with Crippen LogP contribution in [0.3, 0.4) is 0 Å². The van der Waals surface area contributed by atoms with Crippen LogP contribution in [0.4, 0.5) is 0 Å². The van der Waals surface area contributed by atoms with Crippen molar-refractivity contribution in [3.8, 4) is 0 Å². The highest BCUT2D eigenvalue weighted by atomic mass is 32.1. The maximum absolute atomic E-state index is 11.9. The van der Waals surface area contributed by atoms with Gasteiger partial charge in [0.15, 0.2) is 0 Å². The summed E-state index contributed by atoms with van der Waals surface area (Å²) in [5.41, 5.74) is 1.78. The summed E-state index contributed by atoms with van der Waals surface area (Å²) in [5, 5.41) is 3.30. The van der Waals surface area contributed by atoms with Crippen molar-refractivity contribution in [3.63, 3.8) is 0 Å². The van der Waals surface area contributed by atoms with Crippen LogP contribution < -0.4 is 5.32 Å². The Morgan fingerprint density at radius 1 is 1.79 bits per heavy atom. The van der Waals surface area contributed by atoms with Crippen molar-refractivity contribution >= 4 is 17.1 Å². The van der Waals surface area contributed by atoms with E-state index in [-0.39, 0.29) is 5.92 Å². The van der Waals surface area contributed by atoms with Crippen molar-refractivity contribution < 1.29 is 4.79 Å². The molecule has 1 N–H and O–H groups in total. The third-order valence-electron chi connectivity index (χ3n) is 2.77. The number of thiazole rings is 1. The molecule has 1 fully saturated rings. The van der Waals surface area contributed by atoms with Crippen LogP contribution >= 0.6 is 11.3 Å². The summed E-state index contributed by atoms with van der Waals surface area (Å²) in [6.07, 6.45) is 3.33. The Kier molecular flexibility index (Phi) is 2.93. The lowest BCUT2D eigenvalue weighted by atomic mass is 9.95. The van der Waals surface area contributed by atoms with Crippen LogP contribution in [0.25, 0.3) is 0 Å². The fourth-order valence-corrected chi connectivity index (χ4v) is 2.54. The van der Waals surface area contributed by atoms with E-state index in [0.29, 0.717) is 18.2 Å². The Morgan fingerprint density at radius 2 is 2.64 bits per heavy atom. The molecule has 2 heterocycles. The minimum atomic E-state index is 0.206. The Labute approximate surface area is 87.6 Å². The molecule has 2 atom stereocenters. The lowest BCUT2D eigenvalue weighted by Gasteiger charge is -2.12. The first-order chi connectivity index (χ1) is 6.77. The first-order valence-electron chi connectivity index (χ1n) is 4.91. The zero-order valence-corrected chi connectivity index (χ0v) is 9.01. The zero-order chi connectivity index (χ0) is 9.97. The number of carbonyl (C=O) groups is 1. The van der Waals surface area contributed by atoms with Gasteiger partial charge in [-0.1, -0.05) is 0 Å². The molecule has 3 nitrogen and oxygen atoms in total. The van der Waals surface area contributed by atoms with E-state index in [1.807, 2.05) is 0 Å². The minimum Gasteiger partial charge on any atom is -0.314 e. The van der Waals surface area contributed by atoms with Crippen LogP contribution in [0.2, 0.25) is 0 Å². The predicted octanol–water partition coefficient (Wildman–Crippen LogP) is 1.25. The van der Waals surface area contributed by atoms with E-state index < -0.39 is 0 Å². The molecule has 2 unspecified atom stereocenters. The number of ketones is 1. The van der Waals surface area contributed by atoms with E-state index in [9.17, 15) is 4.79 Å². The molecule has 2 rings (SSSR count). The summed E-state index contributed by atoms with van der Waals surface area (Å²) in [7, 11) is 0. The first kappa shape index (κ1) is 9.80. The molecular formula is C10H14N2OS. The Bertz CT molecular complexity index is 310. The Hall–Kier alpha value is -0.740. The summed E-state index contributed by atoms with van der Waals surface area (Å²) in [6, 6.07) is 0.343. The maximum atomic E-state index is 11.9. The second kappa shape index (κ2) is 4.19. The fraction of sp³-hybridized carbons (Fsp3) is 0.600. The molecule has 0 bridgehead atoms. The normalized spacial score (nSPS) is 26.6. The van der Waals surface area contributed by atoms with Gasteiger partial charge in [-0.15, -0.1) is 11.3 Å². The van der Waals surface area contributed by atoms with Gasteiger partial charge in [-0.2, -0.15) is 0 Å². The smallest absolute Gasteiger partial charge is 0.142 e. The van der Waals surface area contributed by atoms with Gasteiger partial charge in [-0.3, -0.25) is 9.78 Å². The molecule has 14 heavy (non-hydrogen) atoms. The molecule has 4 heteroatoms. The summed E-state index contributed by atoms with van der Waals surface area (Å²) in [6.45, 7) is 3.06. The summed E-state index contributed by atoms with van der Waals surface area (Å²) >= 11 is 1.56. The fourth-order valence-electron chi connectivity index (χ4n) is 1.93. The van der Waals surface area contributed by atoms with E-state index in [4.69, 9.17) is 0 Å². The minimum absolute atomic E-state index is 0.206. The van der Waals surface area contributed by atoms with Gasteiger partial charge in [-0.25, -0.2) is 0 Å². The molecule has 1 saturated heterocycles. The number of carbonyl (C=O) groups excluding carboxylic acids is 1. The molecule has 0 radical (unpaired) electrons. The van der Waals surface area contributed by atoms with Gasteiger partial charge in [0.2, 0.25) is 0 Å². The second-order valence-electron chi connectivity index (χ2n) is 3.75. The Morgan fingerprint density at radius 3 is 3.21 bits per heavy atom. The molecule has 1 aliphatic heterocycles. The van der Waals surface area contributed by atoms with Crippen LogP contribution in [0.15, 0.2) is 11.7 Å². The average molecular weight is 210 g/mol. The van der Waals surface area contributed by atoms with E-state index in [2.05, 4.69) is 17.2 Å². The van der Waals surface area contributed by atoms with Crippen LogP contribution in [-0.2, 0) is 11.2 Å². The summed E-state index contributed by atoms with van der Waals surface area (Å²) < 4.78 is 0. The maximum Gasteiger partial charge on any atom is 0.142 e. The SMILES string of the molecule is CC1NCCC1C(=O)Cc1cncs1. The second-order valence-corrected chi connectivity index (χ2v) is 4.72. The molecule has 0 saturated carbocycles. The van der Waals surface area contributed by atoms with Crippen LogP contribution in [-0.4, -0.2) is 23.4 Å². The van der Waals surface area contributed by atoms with E-state index in [1.54, 1.807) is 23.0 Å². The molecule has 1 aromatic heterocycles. The molecule has 0 spiro atoms. The highest BCUT2D eigenvalue weighted by Crippen LogP contribution is 2.19. The number of nitrogens with one attached hydrogen (secondary N) is 1. The predicted molar refractivity (Wildman–Crippen MR) is 56.4 cm³/mol. The highest BCUT2D eigenvalue weighted by molar-refractivity contribution is 7.09. The third-order valence-corrected chi connectivity index (χ3v) is 3.55. The van der Waals surface area contributed by atoms with Gasteiger partial charge in [0.1, 0.15) is 5.78 Å². The van der Waals surface area contributed by atoms with Crippen LogP contribution in [0, 0.1) is 5.92 Å². The third kappa shape index (κ3) is 2.01. The lowest BCUT2D eigenvalue weighted by molar-refractivity contribution is -0.122. The van der Waals surface area contributed by atoms with Crippen LogP contribution in [0.5, 0.6) is 0 Å².